The van der Waals surface area contributed by atoms with Gasteiger partial charge in [-0.05, 0) is 75.8 Å². The number of nitriles is 1. The van der Waals surface area contributed by atoms with E-state index < -0.39 is 0 Å². The number of carbonyl (C=O) groups excluding carboxylic acids is 1. The Morgan fingerprint density at radius 2 is 1.81 bits per heavy atom. The van der Waals surface area contributed by atoms with Crippen LogP contribution in [0.25, 0.3) is 0 Å². The monoisotopic (exact) mass is 351 g/mol. The van der Waals surface area contributed by atoms with Gasteiger partial charge in [0.15, 0.2) is 5.78 Å². The van der Waals surface area contributed by atoms with E-state index in [1.165, 1.54) is 5.56 Å². The number of rotatable bonds is 9. The molecule has 2 rings (SSSR count). The van der Waals surface area contributed by atoms with Crippen molar-refractivity contribution in [3.63, 3.8) is 0 Å². The van der Waals surface area contributed by atoms with Gasteiger partial charge in [0.2, 0.25) is 0 Å². The van der Waals surface area contributed by atoms with Gasteiger partial charge in [-0.2, -0.15) is 5.26 Å². The molecule has 0 atom stereocenters. The van der Waals surface area contributed by atoms with Crippen LogP contribution in [0.2, 0.25) is 0 Å². The number of carbonyl (C=O) groups is 1. The summed E-state index contributed by atoms with van der Waals surface area (Å²) in [6.07, 6.45) is 5.11. The van der Waals surface area contributed by atoms with Crippen LogP contribution < -0.4 is 5.73 Å². The number of benzene rings is 1. The Morgan fingerprint density at radius 3 is 2.42 bits per heavy atom. The van der Waals surface area contributed by atoms with Crippen LogP contribution in [0.3, 0.4) is 0 Å². The van der Waals surface area contributed by atoms with E-state index >= 15 is 0 Å². The smallest absolute Gasteiger partial charge is 0.179 e. The third-order valence-corrected chi connectivity index (χ3v) is 4.74. The second-order valence-electron chi connectivity index (χ2n) is 7.70. The summed E-state index contributed by atoms with van der Waals surface area (Å²) in [5, 5.41) is 8.81. The molecule has 0 bridgehead atoms. The minimum absolute atomic E-state index is 0.195. The second-order valence-corrected chi connectivity index (χ2v) is 7.70. The summed E-state index contributed by atoms with van der Waals surface area (Å²) in [6.45, 7) is 4.05. The molecule has 0 saturated heterocycles. The van der Waals surface area contributed by atoms with Crippen LogP contribution in [-0.2, 0) is 19.9 Å². The van der Waals surface area contributed by atoms with Crippen molar-refractivity contribution in [2.24, 2.45) is 12.8 Å². The highest BCUT2D eigenvalue weighted by molar-refractivity contribution is 5.94. The average molecular weight is 351 g/mol. The molecular formula is C22H29N3O. The van der Waals surface area contributed by atoms with Gasteiger partial charge in [0.05, 0.1) is 17.3 Å². The van der Waals surface area contributed by atoms with Crippen molar-refractivity contribution in [3.8, 4) is 6.07 Å². The van der Waals surface area contributed by atoms with Crippen molar-refractivity contribution in [2.75, 3.05) is 0 Å². The molecule has 0 fully saturated rings. The fourth-order valence-electron chi connectivity index (χ4n) is 3.02. The van der Waals surface area contributed by atoms with Crippen LogP contribution in [-0.4, -0.2) is 15.9 Å². The van der Waals surface area contributed by atoms with Crippen molar-refractivity contribution in [1.29, 1.82) is 5.26 Å². The number of aryl methyl sites for hydroxylation is 2. The average Bonchev–Trinajstić information content (AvgIpc) is 2.97. The molecule has 0 amide bonds. The summed E-state index contributed by atoms with van der Waals surface area (Å²) in [4.78, 5) is 12.5. The van der Waals surface area contributed by atoms with Crippen LogP contribution >= 0.6 is 0 Å². The maximum Gasteiger partial charge on any atom is 0.179 e. The Kier molecular flexibility index (Phi) is 6.76. The van der Waals surface area contributed by atoms with Crippen molar-refractivity contribution in [2.45, 2.75) is 57.9 Å². The van der Waals surface area contributed by atoms with Crippen LogP contribution in [0.1, 0.15) is 66.8 Å². The summed E-state index contributed by atoms with van der Waals surface area (Å²) in [5.41, 5.74) is 9.69. The number of Topliss-reactive ketones (excluding diaryl/α,β-unsaturated/α-hetero) is 1. The maximum atomic E-state index is 12.5. The molecule has 4 heteroatoms. The fraction of sp³-hybridized carbons (Fsp3) is 0.455. The van der Waals surface area contributed by atoms with E-state index in [0.29, 0.717) is 12.0 Å². The first-order valence-electron chi connectivity index (χ1n) is 9.26. The number of nitrogens with zero attached hydrogens (tertiary/aromatic N) is 2. The van der Waals surface area contributed by atoms with Crippen molar-refractivity contribution in [3.05, 3.63) is 58.9 Å². The van der Waals surface area contributed by atoms with E-state index in [0.717, 1.165) is 43.5 Å². The Bertz CT molecular complexity index is 773. The van der Waals surface area contributed by atoms with Gasteiger partial charge in [0, 0.05) is 24.7 Å². The predicted molar refractivity (Wildman–Crippen MR) is 105 cm³/mol. The Morgan fingerprint density at radius 1 is 1.12 bits per heavy atom. The first-order valence-corrected chi connectivity index (χ1v) is 9.26. The summed E-state index contributed by atoms with van der Waals surface area (Å²) >= 11 is 0. The highest BCUT2D eigenvalue weighted by Crippen LogP contribution is 2.16. The lowest BCUT2D eigenvalue weighted by atomic mass is 9.99. The predicted octanol–water partition coefficient (Wildman–Crippen LogP) is 4.16. The van der Waals surface area contributed by atoms with Crippen LogP contribution in [0, 0.1) is 11.3 Å². The molecule has 1 aromatic carbocycles. The molecule has 26 heavy (non-hydrogen) atoms. The molecule has 2 N–H and O–H groups in total. The Labute approximate surface area is 156 Å². The van der Waals surface area contributed by atoms with Crippen LogP contribution in [0.4, 0.5) is 0 Å². The van der Waals surface area contributed by atoms with Crippen LogP contribution in [0.15, 0.2) is 36.4 Å². The first kappa shape index (κ1) is 19.9. The minimum Gasteiger partial charge on any atom is -0.345 e. The van der Waals surface area contributed by atoms with E-state index in [4.69, 9.17) is 11.0 Å². The zero-order chi connectivity index (χ0) is 19.2. The molecule has 0 aliphatic heterocycles. The van der Waals surface area contributed by atoms with Gasteiger partial charge >= 0.3 is 0 Å². The molecule has 0 unspecified atom stereocenters. The summed E-state index contributed by atoms with van der Waals surface area (Å²) in [5.74, 6) is 0.200. The largest absolute Gasteiger partial charge is 0.345 e. The summed E-state index contributed by atoms with van der Waals surface area (Å²) < 4.78 is 2.01. The molecular weight excluding hydrogens is 322 g/mol. The van der Waals surface area contributed by atoms with Gasteiger partial charge in [-0.15, -0.1) is 0 Å². The normalized spacial score (nSPS) is 11.3. The van der Waals surface area contributed by atoms with E-state index in [2.05, 4.69) is 6.07 Å². The molecule has 138 valence electrons. The SMILES string of the molecule is Cn1c(CCC(C)(C)N)ccc1C(=O)CCCCc1ccc(C#N)cc1. The van der Waals surface area contributed by atoms with Gasteiger partial charge in [-0.25, -0.2) is 0 Å². The van der Waals surface area contributed by atoms with Crippen molar-refractivity contribution >= 4 is 5.78 Å². The number of nitrogens with two attached hydrogens (primary N) is 1. The van der Waals surface area contributed by atoms with Gasteiger partial charge in [-0.1, -0.05) is 12.1 Å². The first-order chi connectivity index (χ1) is 12.3. The van der Waals surface area contributed by atoms with Crippen molar-refractivity contribution in [1.82, 2.24) is 4.57 Å². The lowest BCUT2D eigenvalue weighted by Gasteiger charge is -2.18. The molecule has 1 heterocycles. The minimum atomic E-state index is -0.195. The molecule has 0 radical (unpaired) electrons. The van der Waals surface area contributed by atoms with E-state index in [-0.39, 0.29) is 11.3 Å². The molecule has 0 aliphatic rings. The lowest BCUT2D eigenvalue weighted by molar-refractivity contribution is 0.0971. The topological polar surface area (TPSA) is 71.8 Å². The summed E-state index contributed by atoms with van der Waals surface area (Å²) in [6, 6.07) is 13.8. The van der Waals surface area contributed by atoms with Crippen LogP contribution in [0.5, 0.6) is 0 Å². The summed E-state index contributed by atoms with van der Waals surface area (Å²) in [7, 11) is 1.96. The Hall–Kier alpha value is -2.38. The third kappa shape index (κ3) is 5.86. The number of hydrogen-bond donors (Lipinski definition) is 1. The molecule has 1 aromatic heterocycles. The standard InChI is InChI=1S/C22H29N3O/c1-22(2,24)15-14-19-12-13-20(25(19)3)21(26)7-5-4-6-17-8-10-18(16-23)11-9-17/h8-13H,4-7,14-15,24H2,1-3H3. The van der Waals surface area contributed by atoms with Crippen molar-refractivity contribution < 1.29 is 4.79 Å². The number of ketones is 1. The molecule has 0 saturated carbocycles. The van der Waals surface area contributed by atoms with E-state index in [1.807, 2.05) is 61.9 Å². The zero-order valence-corrected chi connectivity index (χ0v) is 16.1. The molecule has 0 spiro atoms. The highest BCUT2D eigenvalue weighted by atomic mass is 16.1. The number of hydrogen-bond acceptors (Lipinski definition) is 3. The lowest BCUT2D eigenvalue weighted by Crippen LogP contribution is -2.32. The van der Waals surface area contributed by atoms with Gasteiger partial charge < -0.3 is 10.3 Å². The Balaban J connectivity index is 1.80. The number of unbranched alkanes of at least 4 members (excludes halogenated alkanes) is 1. The van der Waals surface area contributed by atoms with Gasteiger partial charge in [-0.3, -0.25) is 4.79 Å². The van der Waals surface area contributed by atoms with E-state index in [9.17, 15) is 4.79 Å². The maximum absolute atomic E-state index is 12.5. The fourth-order valence-corrected chi connectivity index (χ4v) is 3.02. The molecule has 0 aliphatic carbocycles. The van der Waals surface area contributed by atoms with Gasteiger partial charge in [0.1, 0.15) is 0 Å². The second kappa shape index (κ2) is 8.82. The third-order valence-electron chi connectivity index (χ3n) is 4.74. The van der Waals surface area contributed by atoms with Gasteiger partial charge in [0.25, 0.3) is 0 Å². The van der Waals surface area contributed by atoms with E-state index in [1.54, 1.807) is 0 Å². The zero-order valence-electron chi connectivity index (χ0n) is 16.1. The molecule has 2 aromatic rings. The highest BCUT2D eigenvalue weighted by Gasteiger charge is 2.15. The molecule has 4 nitrogen and oxygen atoms in total. The number of aromatic nitrogens is 1. The quantitative estimate of drug-likeness (QED) is 0.544.